The molecule has 1 aliphatic rings. The molecule has 2 rings (SSSR count). The van der Waals surface area contributed by atoms with Crippen LogP contribution in [0.3, 0.4) is 0 Å². The van der Waals surface area contributed by atoms with Crippen molar-refractivity contribution in [1.29, 1.82) is 0 Å². The van der Waals surface area contributed by atoms with Crippen molar-refractivity contribution in [2.75, 3.05) is 0 Å². The average molecular weight is 263 g/mol. The summed E-state index contributed by atoms with van der Waals surface area (Å²) in [6, 6.07) is 10.4. The molecule has 0 aromatic heterocycles. The Balaban J connectivity index is 2.34. The molecule has 2 heteroatoms. The highest BCUT2D eigenvalue weighted by Crippen LogP contribution is 2.42. The normalized spacial score (nSPS) is 27.7. The number of allylic oxidation sites excluding steroid dienone is 2. The van der Waals surface area contributed by atoms with Crippen molar-refractivity contribution in [2.45, 2.75) is 26.7 Å². The molecule has 0 saturated carbocycles. The summed E-state index contributed by atoms with van der Waals surface area (Å²) in [4.78, 5) is 11.5. The van der Waals surface area contributed by atoms with Gasteiger partial charge in [-0.05, 0) is 47.4 Å². The number of carbonyl (C=O) groups is 1. The van der Waals surface area contributed by atoms with Gasteiger partial charge in [-0.25, -0.2) is 0 Å². The maximum absolute atomic E-state index is 11.5. The highest BCUT2D eigenvalue weighted by atomic mass is 35.5. The van der Waals surface area contributed by atoms with Gasteiger partial charge in [0.15, 0.2) is 0 Å². The second kappa shape index (κ2) is 5.71. The second-order valence-electron chi connectivity index (χ2n) is 5.05. The van der Waals surface area contributed by atoms with Gasteiger partial charge in [-0.1, -0.05) is 50.3 Å². The lowest BCUT2D eigenvalue weighted by Gasteiger charge is -2.34. The molecule has 1 nitrogen and oxygen atoms in total. The van der Waals surface area contributed by atoms with Crippen molar-refractivity contribution in [1.82, 2.24) is 0 Å². The Morgan fingerprint density at radius 1 is 1.33 bits per heavy atom. The average Bonchev–Trinajstić information content (AvgIpc) is 2.39. The quantitative estimate of drug-likeness (QED) is 0.732. The first kappa shape index (κ1) is 13.4. The molecule has 0 fully saturated rings. The second-order valence-corrected chi connectivity index (χ2v) is 5.42. The predicted molar refractivity (Wildman–Crippen MR) is 76.3 cm³/mol. The van der Waals surface area contributed by atoms with E-state index in [9.17, 15) is 4.79 Å². The third-order valence-corrected chi connectivity index (χ3v) is 4.38. The first-order chi connectivity index (χ1) is 8.65. The van der Waals surface area contributed by atoms with Crippen molar-refractivity contribution in [3.8, 4) is 0 Å². The molecule has 0 spiro atoms. The fourth-order valence-corrected chi connectivity index (χ4v) is 3.32. The lowest BCUT2D eigenvalue weighted by atomic mass is 9.70. The molecule has 3 atom stereocenters. The molecular weight excluding hydrogens is 244 g/mol. The Labute approximate surface area is 114 Å². The summed E-state index contributed by atoms with van der Waals surface area (Å²) in [6.07, 6.45) is 4.02. The van der Waals surface area contributed by atoms with Gasteiger partial charge in [-0.2, -0.15) is 0 Å². The van der Waals surface area contributed by atoms with E-state index < -0.39 is 0 Å². The van der Waals surface area contributed by atoms with Gasteiger partial charge in [0.2, 0.25) is 5.24 Å². The Hall–Kier alpha value is -1.08. The van der Waals surface area contributed by atoms with Crippen LogP contribution in [0.15, 0.2) is 36.4 Å². The molecule has 96 valence electrons. The molecule has 1 aliphatic carbocycles. The standard InChI is InChI=1S/C16H19ClO/c1-3-13-11(2)14(16(17)18)9-10-15(13)12-7-5-4-6-8-12/h4-8,10-11,13-14H,3,9H2,1-2H3. The largest absolute Gasteiger partial charge is 0.281 e. The molecular formula is C16H19ClO. The minimum atomic E-state index is -0.190. The number of halogens is 1. The van der Waals surface area contributed by atoms with Crippen LogP contribution in [0.1, 0.15) is 32.3 Å². The van der Waals surface area contributed by atoms with Crippen LogP contribution in [-0.2, 0) is 4.79 Å². The molecule has 3 unspecified atom stereocenters. The minimum absolute atomic E-state index is 0.0240. The number of carbonyl (C=O) groups excluding carboxylic acids is 1. The minimum Gasteiger partial charge on any atom is -0.281 e. The maximum atomic E-state index is 11.5. The molecule has 0 aliphatic heterocycles. The van der Waals surface area contributed by atoms with Crippen molar-refractivity contribution in [2.24, 2.45) is 17.8 Å². The van der Waals surface area contributed by atoms with Crippen molar-refractivity contribution in [3.05, 3.63) is 42.0 Å². The third kappa shape index (κ3) is 2.51. The van der Waals surface area contributed by atoms with E-state index in [1.165, 1.54) is 11.1 Å². The summed E-state index contributed by atoms with van der Waals surface area (Å²) < 4.78 is 0. The van der Waals surface area contributed by atoms with Gasteiger partial charge in [0.25, 0.3) is 0 Å². The molecule has 0 N–H and O–H groups in total. The van der Waals surface area contributed by atoms with Gasteiger partial charge in [0.05, 0.1) is 0 Å². The molecule has 1 aromatic rings. The Kier molecular flexibility index (Phi) is 4.23. The van der Waals surface area contributed by atoms with Crippen LogP contribution in [-0.4, -0.2) is 5.24 Å². The highest BCUT2D eigenvalue weighted by molar-refractivity contribution is 6.64. The van der Waals surface area contributed by atoms with Crippen LogP contribution in [0.2, 0.25) is 0 Å². The van der Waals surface area contributed by atoms with E-state index >= 15 is 0 Å². The molecule has 0 amide bonds. The number of hydrogen-bond donors (Lipinski definition) is 0. The van der Waals surface area contributed by atoms with Crippen LogP contribution in [0.5, 0.6) is 0 Å². The summed E-state index contributed by atoms with van der Waals surface area (Å²) in [5.74, 6) is 0.720. The molecule has 18 heavy (non-hydrogen) atoms. The maximum Gasteiger partial charge on any atom is 0.225 e. The fraction of sp³-hybridized carbons (Fsp3) is 0.438. The summed E-state index contributed by atoms with van der Waals surface area (Å²) in [6.45, 7) is 4.33. The van der Waals surface area contributed by atoms with E-state index in [4.69, 9.17) is 11.6 Å². The molecule has 0 radical (unpaired) electrons. The Morgan fingerprint density at radius 3 is 2.56 bits per heavy atom. The van der Waals surface area contributed by atoms with Crippen LogP contribution < -0.4 is 0 Å². The zero-order valence-electron chi connectivity index (χ0n) is 10.9. The van der Waals surface area contributed by atoms with Gasteiger partial charge in [-0.15, -0.1) is 0 Å². The monoisotopic (exact) mass is 262 g/mol. The smallest absolute Gasteiger partial charge is 0.225 e. The Bertz CT molecular complexity index is 449. The van der Waals surface area contributed by atoms with Crippen molar-refractivity contribution < 1.29 is 4.79 Å². The van der Waals surface area contributed by atoms with Gasteiger partial charge in [-0.3, -0.25) is 4.79 Å². The first-order valence-corrected chi connectivity index (χ1v) is 6.97. The lowest BCUT2D eigenvalue weighted by Crippen LogP contribution is -2.29. The molecule has 0 heterocycles. The molecule has 0 bridgehead atoms. The van der Waals surface area contributed by atoms with Gasteiger partial charge in [0.1, 0.15) is 0 Å². The summed E-state index contributed by atoms with van der Waals surface area (Å²) in [7, 11) is 0. The van der Waals surface area contributed by atoms with Crippen molar-refractivity contribution >= 4 is 22.4 Å². The zero-order valence-corrected chi connectivity index (χ0v) is 11.7. The zero-order chi connectivity index (χ0) is 13.1. The van der Waals surface area contributed by atoms with E-state index in [0.717, 1.165) is 12.8 Å². The SMILES string of the molecule is CCC1C(c2ccccc2)=CCC(C(=O)Cl)C1C. The first-order valence-electron chi connectivity index (χ1n) is 6.60. The molecule has 0 saturated heterocycles. The number of hydrogen-bond acceptors (Lipinski definition) is 1. The van der Waals surface area contributed by atoms with Crippen LogP contribution in [0.25, 0.3) is 5.57 Å². The fourth-order valence-electron chi connectivity index (χ4n) is 3.04. The lowest BCUT2D eigenvalue weighted by molar-refractivity contribution is -0.116. The highest BCUT2D eigenvalue weighted by Gasteiger charge is 2.34. The van der Waals surface area contributed by atoms with Crippen molar-refractivity contribution in [3.63, 3.8) is 0 Å². The topological polar surface area (TPSA) is 17.1 Å². The predicted octanol–water partition coefficient (Wildman–Crippen LogP) is 4.52. The third-order valence-electron chi connectivity index (χ3n) is 4.10. The van der Waals surface area contributed by atoms with E-state index in [1.807, 2.05) is 6.07 Å². The Morgan fingerprint density at radius 2 is 2.00 bits per heavy atom. The number of rotatable bonds is 3. The van der Waals surface area contributed by atoms with Crippen LogP contribution in [0, 0.1) is 17.8 Å². The van der Waals surface area contributed by atoms with E-state index in [2.05, 4.69) is 44.2 Å². The summed E-state index contributed by atoms with van der Waals surface area (Å²) in [5, 5.41) is -0.190. The van der Waals surface area contributed by atoms with E-state index in [0.29, 0.717) is 11.8 Å². The molecule has 1 aromatic carbocycles. The summed E-state index contributed by atoms with van der Waals surface area (Å²) in [5.41, 5.74) is 2.65. The van der Waals surface area contributed by atoms with E-state index in [1.54, 1.807) is 0 Å². The van der Waals surface area contributed by atoms with Crippen LogP contribution >= 0.6 is 11.6 Å². The van der Waals surface area contributed by atoms with Crippen LogP contribution in [0.4, 0.5) is 0 Å². The summed E-state index contributed by atoms with van der Waals surface area (Å²) >= 11 is 5.70. The van der Waals surface area contributed by atoms with Gasteiger partial charge >= 0.3 is 0 Å². The van der Waals surface area contributed by atoms with Gasteiger partial charge < -0.3 is 0 Å². The number of benzene rings is 1. The van der Waals surface area contributed by atoms with E-state index in [-0.39, 0.29) is 11.2 Å². The van der Waals surface area contributed by atoms with Gasteiger partial charge in [0, 0.05) is 5.92 Å².